The number of rotatable bonds is 4. The first-order chi connectivity index (χ1) is 14.2. The molecule has 30 heavy (non-hydrogen) atoms. The Labute approximate surface area is 175 Å². The Hall–Kier alpha value is -2.64. The molecule has 1 aliphatic carbocycles. The molecule has 4 rings (SSSR count). The molecule has 0 spiro atoms. The van der Waals surface area contributed by atoms with Gasteiger partial charge < -0.3 is 14.4 Å². The lowest BCUT2D eigenvalue weighted by Gasteiger charge is -2.27. The third kappa shape index (κ3) is 4.00. The van der Waals surface area contributed by atoms with Crippen LogP contribution in [0.1, 0.15) is 25.7 Å². The molecule has 0 amide bonds. The highest BCUT2D eigenvalue weighted by molar-refractivity contribution is 7.90. The van der Waals surface area contributed by atoms with Crippen molar-refractivity contribution in [1.82, 2.24) is 4.57 Å². The summed E-state index contributed by atoms with van der Waals surface area (Å²) in [6.45, 7) is 0. The molecule has 6 nitrogen and oxygen atoms in total. The summed E-state index contributed by atoms with van der Waals surface area (Å²) in [4.78, 5) is 12.8. The fourth-order valence-corrected chi connectivity index (χ4v) is 4.67. The summed E-state index contributed by atoms with van der Waals surface area (Å²) < 4.78 is 32.2. The zero-order valence-electron chi connectivity index (χ0n) is 17.0. The molecule has 1 aliphatic rings. The molecule has 158 valence electrons. The molecule has 1 aromatic heterocycles. The van der Waals surface area contributed by atoms with E-state index in [0.717, 1.165) is 23.8 Å². The molecule has 1 fully saturated rings. The van der Waals surface area contributed by atoms with Gasteiger partial charge in [-0.05, 0) is 55.3 Å². The first-order valence-electron chi connectivity index (χ1n) is 10.0. The Morgan fingerprint density at radius 3 is 2.33 bits per heavy atom. The maximum absolute atomic E-state index is 12.6. The van der Waals surface area contributed by atoms with Gasteiger partial charge in [0.25, 0.3) is 5.56 Å². The minimum absolute atomic E-state index is 0.0463. The number of nitrogens with zero attached hydrogens (tertiary/aromatic N) is 1. The number of fused-ring (bicyclic) bond motifs is 1. The van der Waals surface area contributed by atoms with Crippen LogP contribution in [0.2, 0.25) is 0 Å². The Kier molecular flexibility index (Phi) is 5.42. The molecular weight excluding hydrogens is 402 g/mol. The van der Waals surface area contributed by atoms with Crippen molar-refractivity contribution >= 4 is 20.6 Å². The van der Waals surface area contributed by atoms with E-state index in [4.69, 9.17) is 4.74 Å². The van der Waals surface area contributed by atoms with Gasteiger partial charge in [0.05, 0.1) is 17.1 Å². The van der Waals surface area contributed by atoms with Crippen molar-refractivity contribution < 1.29 is 18.3 Å². The monoisotopic (exact) mass is 427 g/mol. The van der Waals surface area contributed by atoms with E-state index in [2.05, 4.69) is 0 Å². The second-order valence-corrected chi connectivity index (χ2v) is 10.00. The average Bonchev–Trinajstić information content (AvgIpc) is 2.72. The highest BCUT2D eigenvalue weighted by Crippen LogP contribution is 2.37. The maximum atomic E-state index is 12.6. The highest BCUT2D eigenvalue weighted by atomic mass is 32.2. The highest BCUT2D eigenvalue weighted by Gasteiger charge is 2.23. The van der Waals surface area contributed by atoms with Gasteiger partial charge in [-0.15, -0.1) is 0 Å². The number of aliphatic hydroxyl groups excluding tert-OH is 1. The van der Waals surface area contributed by atoms with Gasteiger partial charge in [0.1, 0.15) is 5.75 Å². The summed E-state index contributed by atoms with van der Waals surface area (Å²) in [7, 11) is -1.74. The molecule has 0 aliphatic heterocycles. The fourth-order valence-electron chi connectivity index (χ4n) is 4.03. The third-order valence-corrected chi connectivity index (χ3v) is 6.81. The van der Waals surface area contributed by atoms with Gasteiger partial charge in [-0.3, -0.25) is 4.79 Å². The molecule has 0 saturated heterocycles. The van der Waals surface area contributed by atoms with Crippen molar-refractivity contribution in [3.63, 3.8) is 0 Å². The van der Waals surface area contributed by atoms with Gasteiger partial charge in [0, 0.05) is 36.0 Å². The number of benzene rings is 2. The van der Waals surface area contributed by atoms with Crippen molar-refractivity contribution in [2.75, 3.05) is 6.26 Å². The van der Waals surface area contributed by atoms with E-state index in [1.54, 1.807) is 37.5 Å². The first-order valence-corrected chi connectivity index (χ1v) is 11.9. The summed E-state index contributed by atoms with van der Waals surface area (Å²) in [6, 6.07) is 12.2. The largest absolute Gasteiger partial charge is 0.490 e. The summed E-state index contributed by atoms with van der Waals surface area (Å²) in [5.74, 6) is 0.576. The molecule has 7 heteroatoms. The molecule has 0 radical (unpaired) electrons. The summed E-state index contributed by atoms with van der Waals surface area (Å²) in [6.07, 6.45) is 5.41. The minimum Gasteiger partial charge on any atom is -0.490 e. The summed E-state index contributed by atoms with van der Waals surface area (Å²) >= 11 is 0. The molecule has 3 aromatic rings. The van der Waals surface area contributed by atoms with E-state index in [0.29, 0.717) is 29.5 Å². The third-order valence-electron chi connectivity index (χ3n) is 5.70. The average molecular weight is 428 g/mol. The Balaban J connectivity index is 1.90. The molecule has 0 bridgehead atoms. The van der Waals surface area contributed by atoms with Gasteiger partial charge in [-0.25, -0.2) is 8.42 Å². The van der Waals surface area contributed by atoms with Crippen LogP contribution in [0.5, 0.6) is 5.75 Å². The second kappa shape index (κ2) is 7.89. The molecule has 0 unspecified atom stereocenters. The van der Waals surface area contributed by atoms with E-state index in [1.807, 2.05) is 18.2 Å². The van der Waals surface area contributed by atoms with E-state index in [1.165, 1.54) is 10.8 Å². The van der Waals surface area contributed by atoms with Crippen LogP contribution in [0.25, 0.3) is 21.9 Å². The molecule has 1 heterocycles. The number of ether oxygens (including phenoxy) is 1. The topological polar surface area (TPSA) is 85.6 Å². The number of pyridine rings is 1. The Bertz CT molecular complexity index is 1250. The van der Waals surface area contributed by atoms with Crippen molar-refractivity contribution in [3.05, 3.63) is 59.0 Å². The SMILES string of the molecule is Cn1cc(-c2cc(S(C)(=O)=O)ccc2O[C@H]2CC[C@H](O)CC2)c2ccccc2c1=O. The standard InChI is InChI=1S/C23H25NO5S/c1-24-14-21(18-5-3-4-6-19(18)23(24)26)20-13-17(30(2,27)28)11-12-22(20)29-16-9-7-15(25)8-10-16/h3-6,11-16,25H,7-10H2,1-2H3/t15-,16-. The number of hydrogen-bond acceptors (Lipinski definition) is 5. The maximum Gasteiger partial charge on any atom is 0.258 e. The van der Waals surface area contributed by atoms with Crippen LogP contribution in [0.15, 0.2) is 58.4 Å². The summed E-state index contributed by atoms with van der Waals surface area (Å²) in [5.41, 5.74) is 1.26. The number of hydrogen-bond donors (Lipinski definition) is 1. The van der Waals surface area contributed by atoms with Gasteiger partial charge in [0.2, 0.25) is 0 Å². The zero-order chi connectivity index (χ0) is 21.5. The van der Waals surface area contributed by atoms with Gasteiger partial charge in [0.15, 0.2) is 9.84 Å². The predicted octanol–water partition coefficient (Wildman–Crippen LogP) is 3.29. The zero-order valence-corrected chi connectivity index (χ0v) is 17.9. The molecule has 1 saturated carbocycles. The lowest BCUT2D eigenvalue weighted by molar-refractivity contribution is 0.0668. The first kappa shape index (κ1) is 20.6. The number of sulfone groups is 1. The van der Waals surface area contributed by atoms with Crippen LogP contribution in [-0.2, 0) is 16.9 Å². The quantitative estimate of drug-likeness (QED) is 0.691. The molecule has 2 aromatic carbocycles. The van der Waals surface area contributed by atoms with Crippen LogP contribution in [0, 0.1) is 0 Å². The number of aliphatic hydroxyl groups is 1. The molecular formula is C23H25NO5S. The molecule has 1 N–H and O–H groups in total. The smallest absolute Gasteiger partial charge is 0.258 e. The predicted molar refractivity (Wildman–Crippen MR) is 117 cm³/mol. The fraction of sp³-hybridized carbons (Fsp3) is 0.348. The van der Waals surface area contributed by atoms with Gasteiger partial charge in [-0.1, -0.05) is 18.2 Å². The van der Waals surface area contributed by atoms with Crippen molar-refractivity contribution in [2.45, 2.75) is 42.8 Å². The number of aromatic nitrogens is 1. The van der Waals surface area contributed by atoms with Crippen molar-refractivity contribution in [1.29, 1.82) is 0 Å². The van der Waals surface area contributed by atoms with Crippen LogP contribution in [0.4, 0.5) is 0 Å². The van der Waals surface area contributed by atoms with E-state index < -0.39 is 9.84 Å². The second-order valence-electron chi connectivity index (χ2n) is 7.98. The van der Waals surface area contributed by atoms with E-state index in [-0.39, 0.29) is 22.7 Å². The van der Waals surface area contributed by atoms with E-state index >= 15 is 0 Å². The minimum atomic E-state index is -3.42. The lowest BCUT2D eigenvalue weighted by Crippen LogP contribution is -2.26. The normalized spacial score (nSPS) is 19.7. The lowest BCUT2D eigenvalue weighted by atomic mass is 9.95. The van der Waals surface area contributed by atoms with E-state index in [9.17, 15) is 18.3 Å². The van der Waals surface area contributed by atoms with Crippen LogP contribution in [-0.4, -0.2) is 36.6 Å². The van der Waals surface area contributed by atoms with Crippen LogP contribution in [0.3, 0.4) is 0 Å². The van der Waals surface area contributed by atoms with Crippen LogP contribution < -0.4 is 10.3 Å². The Morgan fingerprint density at radius 1 is 1.00 bits per heavy atom. The van der Waals surface area contributed by atoms with Crippen LogP contribution >= 0.6 is 0 Å². The Morgan fingerprint density at radius 2 is 1.67 bits per heavy atom. The van der Waals surface area contributed by atoms with Crippen molar-refractivity contribution in [2.24, 2.45) is 7.05 Å². The van der Waals surface area contributed by atoms with Gasteiger partial charge >= 0.3 is 0 Å². The van der Waals surface area contributed by atoms with Gasteiger partial charge in [-0.2, -0.15) is 0 Å². The van der Waals surface area contributed by atoms with Crippen molar-refractivity contribution in [3.8, 4) is 16.9 Å². The number of aryl methyl sites for hydroxylation is 1. The summed E-state index contributed by atoms with van der Waals surface area (Å²) in [5, 5.41) is 11.1. The molecule has 0 atom stereocenters.